The van der Waals surface area contributed by atoms with Crippen molar-refractivity contribution < 1.29 is 24.9 Å². The summed E-state index contributed by atoms with van der Waals surface area (Å²) in [6, 6.07) is 11.9. The van der Waals surface area contributed by atoms with Gasteiger partial charge in [0.25, 0.3) is 0 Å². The molecule has 3 rings (SSSR count). The molecule has 0 aliphatic heterocycles. The van der Waals surface area contributed by atoms with Gasteiger partial charge in [-0.15, -0.1) is 0 Å². The number of benzene rings is 2. The Morgan fingerprint density at radius 3 is 2.48 bits per heavy atom. The number of pyridine rings is 1. The summed E-state index contributed by atoms with van der Waals surface area (Å²) in [4.78, 5) is 27.7. The minimum atomic E-state index is -1.06. The van der Waals surface area contributed by atoms with Gasteiger partial charge in [-0.05, 0) is 48.0 Å². The highest BCUT2D eigenvalue weighted by Gasteiger charge is 2.11. The minimum Gasteiger partial charge on any atom is -0.504 e. The Bertz CT molecular complexity index is 1020. The first kappa shape index (κ1) is 16.2. The first-order valence-electron chi connectivity index (χ1n) is 7.33. The molecule has 1 heterocycles. The van der Waals surface area contributed by atoms with Crippen molar-refractivity contribution in [1.82, 2.24) is 4.98 Å². The fourth-order valence-electron chi connectivity index (χ4n) is 2.38. The van der Waals surface area contributed by atoms with Crippen molar-refractivity contribution in [1.29, 1.82) is 0 Å². The average Bonchev–Trinajstić information content (AvgIpc) is 2.61. The number of phenolic OH excluding ortho intramolecular Hbond substituents is 2. The van der Waals surface area contributed by atoms with Crippen LogP contribution in [0.25, 0.3) is 17.0 Å². The monoisotopic (exact) mass is 335 g/mol. The molecule has 0 fully saturated rings. The lowest BCUT2D eigenvalue weighted by Crippen LogP contribution is -2.01. The van der Waals surface area contributed by atoms with E-state index in [9.17, 15) is 19.8 Å². The smallest absolute Gasteiger partial charge is 0.336 e. The van der Waals surface area contributed by atoms with Gasteiger partial charge >= 0.3 is 5.97 Å². The maximum atomic E-state index is 12.3. The fourth-order valence-corrected chi connectivity index (χ4v) is 2.38. The highest BCUT2D eigenvalue weighted by molar-refractivity contribution is 6.08. The summed E-state index contributed by atoms with van der Waals surface area (Å²) in [6.07, 6.45) is 2.78. The largest absolute Gasteiger partial charge is 0.504 e. The third kappa shape index (κ3) is 3.32. The number of phenols is 2. The van der Waals surface area contributed by atoms with Gasteiger partial charge in [0.15, 0.2) is 11.5 Å². The average molecular weight is 335 g/mol. The topological polar surface area (TPSA) is 108 Å². The zero-order valence-electron chi connectivity index (χ0n) is 12.9. The van der Waals surface area contributed by atoms with Crippen molar-refractivity contribution in [3.05, 3.63) is 71.4 Å². The Hall–Kier alpha value is -3.67. The van der Waals surface area contributed by atoms with Crippen LogP contribution in [0, 0.1) is 0 Å². The van der Waals surface area contributed by atoms with E-state index in [0.717, 1.165) is 0 Å². The number of hydrogen-bond donors (Lipinski definition) is 3. The number of aromatic hydroxyl groups is 2. The van der Waals surface area contributed by atoms with Crippen LogP contribution in [-0.2, 0) is 0 Å². The number of carbonyl (C=O) groups excluding carboxylic acids is 1. The van der Waals surface area contributed by atoms with E-state index in [4.69, 9.17) is 5.11 Å². The van der Waals surface area contributed by atoms with Crippen LogP contribution in [0.5, 0.6) is 11.5 Å². The summed E-state index contributed by atoms with van der Waals surface area (Å²) in [6.45, 7) is 0. The zero-order chi connectivity index (χ0) is 18.0. The van der Waals surface area contributed by atoms with Gasteiger partial charge in [0.1, 0.15) is 5.69 Å². The summed E-state index contributed by atoms with van der Waals surface area (Å²) < 4.78 is 0. The number of carboxylic acids is 1. The number of carboxylic acid groups (broad SMARTS) is 1. The van der Waals surface area contributed by atoms with E-state index in [1.807, 2.05) is 0 Å². The molecule has 0 saturated heterocycles. The van der Waals surface area contributed by atoms with Crippen LogP contribution in [0.15, 0.2) is 54.6 Å². The maximum absolute atomic E-state index is 12.3. The molecule has 0 aliphatic carbocycles. The van der Waals surface area contributed by atoms with E-state index in [1.54, 1.807) is 24.3 Å². The zero-order valence-corrected chi connectivity index (χ0v) is 12.9. The van der Waals surface area contributed by atoms with E-state index < -0.39 is 5.97 Å². The van der Waals surface area contributed by atoms with Crippen molar-refractivity contribution in [3.63, 3.8) is 0 Å². The van der Waals surface area contributed by atoms with Gasteiger partial charge < -0.3 is 15.3 Å². The lowest BCUT2D eigenvalue weighted by molar-refractivity contribution is 0.0699. The van der Waals surface area contributed by atoms with E-state index in [1.165, 1.54) is 36.4 Å². The molecule has 0 saturated carbocycles. The lowest BCUT2D eigenvalue weighted by Gasteiger charge is -2.03. The Morgan fingerprint density at radius 1 is 0.960 bits per heavy atom. The Balaban J connectivity index is 1.90. The molecule has 0 amide bonds. The standard InChI is InChI=1S/C19H13NO5/c21-16(8-4-11-5-9-17(22)18(23)10-11)15-7-6-12-13(19(24)25)2-1-3-14(12)20-15/h1-10,22-23H,(H,24,25). The Morgan fingerprint density at radius 2 is 1.76 bits per heavy atom. The second-order valence-electron chi connectivity index (χ2n) is 5.32. The van der Waals surface area contributed by atoms with Crippen LogP contribution in [0.4, 0.5) is 0 Å². The van der Waals surface area contributed by atoms with E-state index >= 15 is 0 Å². The fraction of sp³-hybridized carbons (Fsp3) is 0. The highest BCUT2D eigenvalue weighted by atomic mass is 16.4. The molecule has 2 aromatic carbocycles. The lowest BCUT2D eigenvalue weighted by atomic mass is 10.1. The van der Waals surface area contributed by atoms with Crippen molar-refractivity contribution in [2.45, 2.75) is 0 Å². The first-order chi connectivity index (χ1) is 12.0. The Kier molecular flexibility index (Phi) is 4.18. The predicted octanol–water partition coefficient (Wildman–Crippen LogP) is 3.24. The summed E-state index contributed by atoms with van der Waals surface area (Å²) in [5, 5.41) is 28.3. The number of carbonyl (C=O) groups is 2. The van der Waals surface area contributed by atoms with E-state index in [0.29, 0.717) is 16.5 Å². The number of allylic oxidation sites excluding steroid dienone is 1. The molecule has 3 aromatic rings. The molecule has 0 spiro atoms. The second kappa shape index (κ2) is 6.45. The van der Waals surface area contributed by atoms with Crippen LogP contribution in [0.1, 0.15) is 26.4 Å². The molecular formula is C19H13NO5. The van der Waals surface area contributed by atoms with Crippen molar-refractivity contribution in [2.75, 3.05) is 0 Å². The molecule has 0 atom stereocenters. The summed E-state index contributed by atoms with van der Waals surface area (Å²) in [5.74, 6) is -1.94. The third-order valence-corrected chi connectivity index (χ3v) is 3.64. The first-order valence-corrected chi connectivity index (χ1v) is 7.33. The number of hydrogen-bond acceptors (Lipinski definition) is 5. The van der Waals surface area contributed by atoms with Gasteiger partial charge in [0.05, 0.1) is 11.1 Å². The van der Waals surface area contributed by atoms with Gasteiger partial charge in [-0.1, -0.05) is 18.2 Å². The Labute approximate surface area is 142 Å². The number of nitrogens with zero attached hydrogens (tertiary/aromatic N) is 1. The number of fused-ring (bicyclic) bond motifs is 1. The highest BCUT2D eigenvalue weighted by Crippen LogP contribution is 2.25. The van der Waals surface area contributed by atoms with Gasteiger partial charge in [-0.25, -0.2) is 9.78 Å². The van der Waals surface area contributed by atoms with Crippen LogP contribution in [0.3, 0.4) is 0 Å². The van der Waals surface area contributed by atoms with Gasteiger partial charge in [-0.2, -0.15) is 0 Å². The van der Waals surface area contributed by atoms with Crippen LogP contribution < -0.4 is 0 Å². The van der Waals surface area contributed by atoms with Crippen molar-refractivity contribution in [2.24, 2.45) is 0 Å². The summed E-state index contributed by atoms with van der Waals surface area (Å²) in [7, 11) is 0. The van der Waals surface area contributed by atoms with Crippen molar-refractivity contribution >= 4 is 28.7 Å². The minimum absolute atomic E-state index is 0.124. The maximum Gasteiger partial charge on any atom is 0.336 e. The summed E-state index contributed by atoms with van der Waals surface area (Å²) >= 11 is 0. The van der Waals surface area contributed by atoms with Crippen LogP contribution >= 0.6 is 0 Å². The van der Waals surface area contributed by atoms with Crippen molar-refractivity contribution in [3.8, 4) is 11.5 Å². The third-order valence-electron chi connectivity index (χ3n) is 3.64. The molecule has 0 radical (unpaired) electrons. The molecule has 6 heteroatoms. The number of rotatable bonds is 4. The molecule has 0 unspecified atom stereocenters. The van der Waals surface area contributed by atoms with Gasteiger partial charge in [0.2, 0.25) is 5.78 Å². The molecule has 124 valence electrons. The molecule has 0 bridgehead atoms. The molecule has 6 nitrogen and oxygen atoms in total. The molecule has 1 aromatic heterocycles. The van der Waals surface area contributed by atoms with Crippen LogP contribution in [0.2, 0.25) is 0 Å². The number of ketones is 1. The SMILES string of the molecule is O=C(C=Cc1ccc(O)c(O)c1)c1ccc2c(C(=O)O)cccc2n1. The van der Waals surface area contributed by atoms with Gasteiger partial charge in [-0.3, -0.25) is 4.79 Å². The van der Waals surface area contributed by atoms with Gasteiger partial charge in [0, 0.05) is 5.39 Å². The molecule has 25 heavy (non-hydrogen) atoms. The van der Waals surface area contributed by atoms with Crippen LogP contribution in [-0.4, -0.2) is 32.1 Å². The number of aromatic nitrogens is 1. The van der Waals surface area contributed by atoms with E-state index in [2.05, 4.69) is 4.98 Å². The quantitative estimate of drug-likeness (QED) is 0.384. The predicted molar refractivity (Wildman–Crippen MR) is 91.8 cm³/mol. The number of aromatic carboxylic acids is 1. The second-order valence-corrected chi connectivity index (χ2v) is 5.32. The molecular weight excluding hydrogens is 322 g/mol. The summed E-state index contributed by atoms with van der Waals surface area (Å²) in [5.41, 5.74) is 1.26. The molecule has 3 N–H and O–H groups in total. The molecule has 0 aliphatic rings. The van der Waals surface area contributed by atoms with E-state index in [-0.39, 0.29) is 28.5 Å². The normalized spacial score (nSPS) is 11.0.